The predicted molar refractivity (Wildman–Crippen MR) is 85.2 cm³/mol. The van der Waals surface area contributed by atoms with Gasteiger partial charge >= 0.3 is 0 Å². The summed E-state index contributed by atoms with van der Waals surface area (Å²) < 4.78 is 0. The van der Waals surface area contributed by atoms with E-state index < -0.39 is 0 Å². The normalized spacial score (nSPS) is 16.0. The summed E-state index contributed by atoms with van der Waals surface area (Å²) in [7, 11) is 0. The van der Waals surface area contributed by atoms with Gasteiger partial charge in [0.15, 0.2) is 0 Å². The molecule has 0 spiro atoms. The molecule has 1 N–H and O–H groups in total. The van der Waals surface area contributed by atoms with Gasteiger partial charge in [0.1, 0.15) is 0 Å². The van der Waals surface area contributed by atoms with Crippen molar-refractivity contribution < 1.29 is 9.59 Å². The van der Waals surface area contributed by atoms with Crippen LogP contribution in [0.1, 0.15) is 37.5 Å². The zero-order valence-electron chi connectivity index (χ0n) is 12.6. The fourth-order valence-corrected chi connectivity index (χ4v) is 3.34. The first-order valence-corrected chi connectivity index (χ1v) is 8.66. The number of carbonyl (C=O) groups is 2. The minimum absolute atomic E-state index is 0.0814. The van der Waals surface area contributed by atoms with Gasteiger partial charge in [-0.1, -0.05) is 13.0 Å². The Balaban J connectivity index is 1.70. The van der Waals surface area contributed by atoms with Crippen LogP contribution in [0.2, 0.25) is 0 Å². The van der Waals surface area contributed by atoms with Crippen LogP contribution in [0.25, 0.3) is 0 Å². The first kappa shape index (κ1) is 16.0. The maximum absolute atomic E-state index is 12.2. The highest BCUT2D eigenvalue weighted by Gasteiger charge is 2.26. The van der Waals surface area contributed by atoms with Crippen LogP contribution in [0.3, 0.4) is 0 Å². The number of likely N-dealkylation sites (tertiary alicyclic amines) is 1. The highest BCUT2D eigenvalue weighted by Crippen LogP contribution is 2.19. The number of hydrogen-bond acceptors (Lipinski definition) is 3. The third-order valence-corrected chi connectivity index (χ3v) is 4.87. The first-order chi connectivity index (χ1) is 10.2. The molecule has 1 aromatic heterocycles. The van der Waals surface area contributed by atoms with Crippen molar-refractivity contribution in [3.8, 4) is 0 Å². The molecule has 0 unspecified atom stereocenters. The van der Waals surface area contributed by atoms with E-state index in [0.717, 1.165) is 32.2 Å². The van der Waals surface area contributed by atoms with Crippen LogP contribution < -0.4 is 5.32 Å². The highest BCUT2D eigenvalue weighted by molar-refractivity contribution is 7.09. The molecule has 0 saturated carbocycles. The standard InChI is InChI=1S/C16H24N2O2S/c1-2-9-17-16(20)13-7-10-18(11-8-13)15(19)6-5-14-4-3-12-21-14/h3-4,12-13H,2,5-11H2,1H3,(H,17,20). The summed E-state index contributed by atoms with van der Waals surface area (Å²) in [6, 6.07) is 4.09. The second-order valence-electron chi connectivity index (χ2n) is 5.53. The van der Waals surface area contributed by atoms with E-state index in [2.05, 4.69) is 18.3 Å². The number of nitrogens with zero attached hydrogens (tertiary/aromatic N) is 1. The van der Waals surface area contributed by atoms with E-state index in [-0.39, 0.29) is 17.7 Å². The van der Waals surface area contributed by atoms with Gasteiger partial charge in [-0.2, -0.15) is 0 Å². The van der Waals surface area contributed by atoms with E-state index in [9.17, 15) is 9.59 Å². The van der Waals surface area contributed by atoms with E-state index in [0.29, 0.717) is 19.5 Å². The van der Waals surface area contributed by atoms with Gasteiger partial charge in [-0.05, 0) is 37.1 Å². The number of hydrogen-bond donors (Lipinski definition) is 1. The molecule has 1 aromatic rings. The van der Waals surface area contributed by atoms with Crippen LogP contribution in [0.5, 0.6) is 0 Å². The maximum Gasteiger partial charge on any atom is 0.223 e. The molecule has 1 fully saturated rings. The van der Waals surface area contributed by atoms with E-state index in [1.54, 1.807) is 11.3 Å². The van der Waals surface area contributed by atoms with Crippen LogP contribution >= 0.6 is 11.3 Å². The first-order valence-electron chi connectivity index (χ1n) is 7.78. The smallest absolute Gasteiger partial charge is 0.223 e. The Labute approximate surface area is 130 Å². The van der Waals surface area contributed by atoms with Crippen molar-refractivity contribution in [2.75, 3.05) is 19.6 Å². The Morgan fingerprint density at radius 1 is 1.38 bits per heavy atom. The minimum Gasteiger partial charge on any atom is -0.356 e. The SMILES string of the molecule is CCCNC(=O)C1CCN(C(=O)CCc2cccs2)CC1. The summed E-state index contributed by atoms with van der Waals surface area (Å²) in [4.78, 5) is 27.2. The molecule has 0 bridgehead atoms. The predicted octanol–water partition coefficient (Wildman–Crippen LogP) is 2.45. The second kappa shape index (κ2) is 8.17. The van der Waals surface area contributed by atoms with Crippen molar-refractivity contribution in [2.45, 2.75) is 39.0 Å². The maximum atomic E-state index is 12.2. The van der Waals surface area contributed by atoms with Crippen molar-refractivity contribution in [1.82, 2.24) is 10.2 Å². The van der Waals surface area contributed by atoms with Gasteiger partial charge in [0.05, 0.1) is 0 Å². The summed E-state index contributed by atoms with van der Waals surface area (Å²) in [5.74, 6) is 0.455. The quantitative estimate of drug-likeness (QED) is 0.877. The lowest BCUT2D eigenvalue weighted by atomic mass is 9.95. The summed E-state index contributed by atoms with van der Waals surface area (Å²) in [5.41, 5.74) is 0. The average molecular weight is 308 g/mol. The van der Waals surface area contributed by atoms with Crippen LogP contribution in [0.15, 0.2) is 17.5 Å². The third kappa shape index (κ3) is 4.84. The van der Waals surface area contributed by atoms with Crippen LogP contribution in [0, 0.1) is 5.92 Å². The molecule has 4 nitrogen and oxygen atoms in total. The van der Waals surface area contributed by atoms with Gasteiger partial charge in [0, 0.05) is 36.9 Å². The number of nitrogens with one attached hydrogen (secondary N) is 1. The van der Waals surface area contributed by atoms with Crippen molar-refractivity contribution in [3.63, 3.8) is 0 Å². The Hall–Kier alpha value is -1.36. The zero-order valence-corrected chi connectivity index (χ0v) is 13.5. The molecule has 1 saturated heterocycles. The number of thiophene rings is 1. The number of carbonyl (C=O) groups excluding carboxylic acids is 2. The lowest BCUT2D eigenvalue weighted by Gasteiger charge is -2.31. The molecule has 0 radical (unpaired) electrons. The van der Waals surface area contributed by atoms with Gasteiger partial charge in [-0.3, -0.25) is 9.59 Å². The monoisotopic (exact) mass is 308 g/mol. The highest BCUT2D eigenvalue weighted by atomic mass is 32.1. The molecule has 2 heterocycles. The summed E-state index contributed by atoms with van der Waals surface area (Å²) in [6.07, 6.45) is 3.95. The molecule has 1 aliphatic heterocycles. The van der Waals surface area contributed by atoms with Gasteiger partial charge in [-0.25, -0.2) is 0 Å². The molecular weight excluding hydrogens is 284 g/mol. The van der Waals surface area contributed by atoms with Crippen molar-refractivity contribution in [2.24, 2.45) is 5.92 Å². The van der Waals surface area contributed by atoms with E-state index in [1.165, 1.54) is 4.88 Å². The number of amides is 2. The second-order valence-corrected chi connectivity index (χ2v) is 6.56. The van der Waals surface area contributed by atoms with Crippen LogP contribution in [0.4, 0.5) is 0 Å². The molecule has 2 rings (SSSR count). The largest absolute Gasteiger partial charge is 0.356 e. The topological polar surface area (TPSA) is 49.4 Å². The molecular formula is C16H24N2O2S. The minimum atomic E-state index is 0.0814. The van der Waals surface area contributed by atoms with Crippen molar-refractivity contribution in [3.05, 3.63) is 22.4 Å². The van der Waals surface area contributed by atoms with Gasteiger partial charge in [-0.15, -0.1) is 11.3 Å². The lowest BCUT2D eigenvalue weighted by Crippen LogP contribution is -2.43. The fourth-order valence-electron chi connectivity index (χ4n) is 2.63. The fraction of sp³-hybridized carbons (Fsp3) is 0.625. The number of rotatable bonds is 6. The number of aryl methyl sites for hydroxylation is 1. The molecule has 0 aliphatic carbocycles. The molecule has 0 atom stereocenters. The van der Waals surface area contributed by atoms with Crippen molar-refractivity contribution >= 4 is 23.2 Å². The Kier molecular flexibility index (Phi) is 6.23. The molecule has 0 aromatic carbocycles. The molecule has 5 heteroatoms. The van der Waals surface area contributed by atoms with E-state index in [1.807, 2.05) is 16.3 Å². The third-order valence-electron chi connectivity index (χ3n) is 3.93. The molecule has 1 aliphatic rings. The Bertz CT molecular complexity index is 451. The summed E-state index contributed by atoms with van der Waals surface area (Å²) >= 11 is 1.70. The molecule has 2 amide bonds. The van der Waals surface area contributed by atoms with E-state index in [4.69, 9.17) is 0 Å². The zero-order chi connectivity index (χ0) is 15.1. The molecule has 21 heavy (non-hydrogen) atoms. The average Bonchev–Trinajstić information content (AvgIpc) is 3.04. The molecule has 116 valence electrons. The van der Waals surface area contributed by atoms with Crippen LogP contribution in [-0.4, -0.2) is 36.3 Å². The van der Waals surface area contributed by atoms with Crippen molar-refractivity contribution in [1.29, 1.82) is 0 Å². The summed E-state index contributed by atoms with van der Waals surface area (Å²) in [5, 5.41) is 4.99. The Morgan fingerprint density at radius 2 is 2.14 bits per heavy atom. The lowest BCUT2D eigenvalue weighted by molar-refractivity contribution is -0.135. The van der Waals surface area contributed by atoms with Gasteiger partial charge < -0.3 is 10.2 Å². The Morgan fingerprint density at radius 3 is 2.76 bits per heavy atom. The number of piperidine rings is 1. The van der Waals surface area contributed by atoms with E-state index >= 15 is 0 Å². The van der Waals surface area contributed by atoms with Crippen LogP contribution in [-0.2, 0) is 16.0 Å². The van der Waals surface area contributed by atoms with Gasteiger partial charge in [0.2, 0.25) is 11.8 Å². The van der Waals surface area contributed by atoms with Gasteiger partial charge in [0.25, 0.3) is 0 Å². The summed E-state index contributed by atoms with van der Waals surface area (Å²) in [6.45, 7) is 4.23.